The lowest BCUT2D eigenvalue weighted by Gasteiger charge is -2.16. The molecule has 0 aromatic heterocycles. The van der Waals surface area contributed by atoms with Gasteiger partial charge in [0.2, 0.25) is 0 Å². The lowest BCUT2D eigenvalue weighted by molar-refractivity contribution is -0.104. The first-order chi connectivity index (χ1) is 6.63. The van der Waals surface area contributed by atoms with Gasteiger partial charge in [0.15, 0.2) is 6.29 Å². The Labute approximate surface area is 82.7 Å². The molecule has 0 aromatic rings. The Bertz CT molecular complexity index is 273. The topological polar surface area (TPSA) is 92.6 Å². The summed E-state index contributed by atoms with van der Waals surface area (Å²) in [5.41, 5.74) is 11.1. The predicted octanol–water partition coefficient (Wildman–Crippen LogP) is -1.11. The number of carbonyl (C=O) groups excluding carboxylic acids is 1. The van der Waals surface area contributed by atoms with Crippen molar-refractivity contribution in [2.45, 2.75) is 12.5 Å². The number of nitrogens with zero attached hydrogens (tertiary/aromatic N) is 1. The summed E-state index contributed by atoms with van der Waals surface area (Å²) in [6, 6.07) is 0. The minimum atomic E-state index is -0.311. The van der Waals surface area contributed by atoms with E-state index in [1.54, 1.807) is 6.08 Å². The third-order valence-electron chi connectivity index (χ3n) is 2.11. The van der Waals surface area contributed by atoms with Crippen LogP contribution in [0, 0.1) is 0 Å². The fourth-order valence-corrected chi connectivity index (χ4v) is 1.30. The normalized spacial score (nSPS) is 24.1. The van der Waals surface area contributed by atoms with Crippen molar-refractivity contribution in [3.05, 3.63) is 23.7 Å². The zero-order valence-corrected chi connectivity index (χ0v) is 7.89. The molecule has 0 bridgehead atoms. The Hall–Kier alpha value is -1.49. The van der Waals surface area contributed by atoms with E-state index in [1.807, 2.05) is 4.90 Å². The largest absolute Gasteiger partial charge is 0.396 e. The number of rotatable bonds is 3. The molecule has 1 heterocycles. The molecular weight excluding hydrogens is 182 g/mol. The molecular formula is C9H15N3O2. The molecule has 1 atom stereocenters. The van der Waals surface area contributed by atoms with E-state index in [4.69, 9.17) is 11.5 Å². The van der Waals surface area contributed by atoms with Gasteiger partial charge in [-0.05, 0) is 18.6 Å². The van der Waals surface area contributed by atoms with Crippen LogP contribution in [0.25, 0.3) is 0 Å². The summed E-state index contributed by atoms with van der Waals surface area (Å²) in [4.78, 5) is 12.0. The number of aldehydes is 1. The van der Waals surface area contributed by atoms with E-state index in [-0.39, 0.29) is 11.8 Å². The molecule has 1 unspecified atom stereocenters. The predicted molar refractivity (Wildman–Crippen MR) is 52.8 cm³/mol. The highest BCUT2D eigenvalue weighted by Gasteiger charge is 2.19. The maximum absolute atomic E-state index is 10.2. The number of carbonyl (C=O) groups is 1. The van der Waals surface area contributed by atoms with Crippen LogP contribution in [0.2, 0.25) is 0 Å². The minimum Gasteiger partial charge on any atom is -0.396 e. The van der Waals surface area contributed by atoms with Crippen LogP contribution in [0.4, 0.5) is 0 Å². The molecule has 0 spiro atoms. The van der Waals surface area contributed by atoms with Crippen molar-refractivity contribution in [2.75, 3.05) is 13.1 Å². The summed E-state index contributed by atoms with van der Waals surface area (Å²) in [6.45, 7) is 1.27. The van der Waals surface area contributed by atoms with Crippen LogP contribution in [0.5, 0.6) is 0 Å². The average molecular weight is 197 g/mol. The van der Waals surface area contributed by atoms with E-state index in [9.17, 15) is 9.90 Å². The molecule has 1 fully saturated rings. The second-order valence-electron chi connectivity index (χ2n) is 3.26. The Morgan fingerprint density at radius 2 is 2.14 bits per heavy atom. The standard InChI is InChI=1S/C9H15N3O2/c10-7(6-13)1-2-9(11)12-4-3-8(14)5-12/h1-2,6,8,14H,3-5,10-11H2/b7-1-,9-2+. The summed E-state index contributed by atoms with van der Waals surface area (Å²) in [7, 11) is 0. The average Bonchev–Trinajstić information content (AvgIpc) is 2.60. The maximum atomic E-state index is 10.2. The summed E-state index contributed by atoms with van der Waals surface area (Å²) in [5.74, 6) is 0.520. The molecule has 78 valence electrons. The van der Waals surface area contributed by atoms with Crippen molar-refractivity contribution in [2.24, 2.45) is 11.5 Å². The number of hydrogen-bond acceptors (Lipinski definition) is 5. The Morgan fingerprint density at radius 1 is 1.43 bits per heavy atom. The Kier molecular flexibility index (Phi) is 3.53. The highest BCUT2D eigenvalue weighted by atomic mass is 16.3. The van der Waals surface area contributed by atoms with E-state index in [2.05, 4.69) is 0 Å². The SMILES string of the molecule is N/C(C=O)=C\C=C(/N)N1CCC(O)C1. The molecule has 1 aliphatic rings. The number of aliphatic hydroxyl groups is 1. The molecule has 0 radical (unpaired) electrons. The molecule has 0 aromatic carbocycles. The van der Waals surface area contributed by atoms with Crippen LogP contribution in [0.1, 0.15) is 6.42 Å². The third-order valence-corrected chi connectivity index (χ3v) is 2.11. The van der Waals surface area contributed by atoms with Gasteiger partial charge in [0.25, 0.3) is 0 Å². The van der Waals surface area contributed by atoms with Gasteiger partial charge < -0.3 is 21.5 Å². The summed E-state index contributed by atoms with van der Waals surface area (Å²) in [5, 5.41) is 9.25. The number of likely N-dealkylation sites (tertiary alicyclic amines) is 1. The first kappa shape index (κ1) is 10.6. The van der Waals surface area contributed by atoms with Gasteiger partial charge in [0.05, 0.1) is 17.6 Å². The number of aliphatic hydroxyl groups excluding tert-OH is 1. The number of allylic oxidation sites excluding steroid dienone is 3. The zero-order valence-electron chi connectivity index (χ0n) is 7.89. The van der Waals surface area contributed by atoms with Gasteiger partial charge in [-0.2, -0.15) is 0 Å². The van der Waals surface area contributed by atoms with Crippen LogP contribution >= 0.6 is 0 Å². The molecule has 1 rings (SSSR count). The van der Waals surface area contributed by atoms with Crippen LogP contribution in [-0.2, 0) is 4.79 Å². The minimum absolute atomic E-state index is 0.132. The molecule has 0 amide bonds. The second-order valence-corrected chi connectivity index (χ2v) is 3.26. The van der Waals surface area contributed by atoms with Crippen molar-refractivity contribution in [3.63, 3.8) is 0 Å². The van der Waals surface area contributed by atoms with E-state index in [1.165, 1.54) is 6.08 Å². The third kappa shape index (κ3) is 2.77. The van der Waals surface area contributed by atoms with Crippen LogP contribution in [0.15, 0.2) is 23.7 Å². The fourth-order valence-electron chi connectivity index (χ4n) is 1.30. The quantitative estimate of drug-likeness (QED) is 0.303. The van der Waals surface area contributed by atoms with Crippen LogP contribution < -0.4 is 11.5 Å². The summed E-state index contributed by atoms with van der Waals surface area (Å²) >= 11 is 0. The summed E-state index contributed by atoms with van der Waals surface area (Å²) in [6.07, 6.45) is 3.99. The van der Waals surface area contributed by atoms with Crippen LogP contribution in [0.3, 0.4) is 0 Å². The van der Waals surface area contributed by atoms with Crippen molar-refractivity contribution < 1.29 is 9.90 Å². The van der Waals surface area contributed by atoms with Crippen molar-refractivity contribution >= 4 is 6.29 Å². The lowest BCUT2D eigenvalue weighted by atomic mass is 10.3. The monoisotopic (exact) mass is 197 g/mol. The zero-order chi connectivity index (χ0) is 10.6. The highest BCUT2D eigenvalue weighted by Crippen LogP contribution is 2.11. The smallest absolute Gasteiger partial charge is 0.165 e. The fraction of sp³-hybridized carbons (Fsp3) is 0.444. The number of hydrogen-bond donors (Lipinski definition) is 3. The maximum Gasteiger partial charge on any atom is 0.165 e. The molecule has 1 aliphatic heterocycles. The molecule has 1 saturated heterocycles. The molecule has 5 N–H and O–H groups in total. The van der Waals surface area contributed by atoms with E-state index in [0.29, 0.717) is 18.7 Å². The van der Waals surface area contributed by atoms with Gasteiger partial charge >= 0.3 is 0 Å². The van der Waals surface area contributed by atoms with Gasteiger partial charge in [0.1, 0.15) is 0 Å². The summed E-state index contributed by atoms with van der Waals surface area (Å²) < 4.78 is 0. The lowest BCUT2D eigenvalue weighted by Crippen LogP contribution is -2.26. The molecule has 0 saturated carbocycles. The highest BCUT2D eigenvalue weighted by molar-refractivity contribution is 5.72. The van der Waals surface area contributed by atoms with Gasteiger partial charge in [-0.25, -0.2) is 0 Å². The van der Waals surface area contributed by atoms with Gasteiger partial charge in [-0.1, -0.05) is 0 Å². The van der Waals surface area contributed by atoms with Crippen molar-refractivity contribution in [1.82, 2.24) is 4.90 Å². The van der Waals surface area contributed by atoms with E-state index >= 15 is 0 Å². The Balaban J connectivity index is 2.56. The van der Waals surface area contributed by atoms with E-state index in [0.717, 1.165) is 13.0 Å². The van der Waals surface area contributed by atoms with E-state index < -0.39 is 0 Å². The van der Waals surface area contributed by atoms with Gasteiger partial charge in [-0.3, -0.25) is 4.79 Å². The number of nitrogens with two attached hydrogens (primary N) is 2. The molecule has 14 heavy (non-hydrogen) atoms. The van der Waals surface area contributed by atoms with Crippen LogP contribution in [-0.4, -0.2) is 35.5 Å². The van der Waals surface area contributed by atoms with Crippen molar-refractivity contribution in [3.8, 4) is 0 Å². The molecule has 5 nitrogen and oxygen atoms in total. The Morgan fingerprint density at radius 3 is 2.64 bits per heavy atom. The van der Waals surface area contributed by atoms with Gasteiger partial charge in [0, 0.05) is 13.1 Å². The molecule has 5 heteroatoms. The first-order valence-corrected chi connectivity index (χ1v) is 4.44. The number of β-amino-alcohol motifs (C(OH)–C–C–N with tert-alkyl or cyclic N) is 1. The first-order valence-electron chi connectivity index (χ1n) is 4.44. The molecule has 0 aliphatic carbocycles. The second kappa shape index (κ2) is 4.66. The van der Waals surface area contributed by atoms with Gasteiger partial charge in [-0.15, -0.1) is 0 Å². The van der Waals surface area contributed by atoms with Crippen molar-refractivity contribution in [1.29, 1.82) is 0 Å².